The van der Waals surface area contributed by atoms with E-state index >= 15 is 0 Å². The molecule has 0 radical (unpaired) electrons. The van der Waals surface area contributed by atoms with E-state index < -0.39 is 0 Å². The average molecular weight is 471 g/mol. The van der Waals surface area contributed by atoms with E-state index in [1.807, 2.05) is 43.5 Å². The second-order valence-corrected chi connectivity index (χ2v) is 9.19. The quantitative estimate of drug-likeness (QED) is 0.339. The topological polar surface area (TPSA) is 90.0 Å². The van der Waals surface area contributed by atoms with Crippen LogP contribution in [0, 0.1) is 12.8 Å². The van der Waals surface area contributed by atoms with Gasteiger partial charge in [-0.3, -0.25) is 9.78 Å². The zero-order chi connectivity index (χ0) is 24.2. The lowest BCUT2D eigenvalue weighted by Gasteiger charge is -2.28. The van der Waals surface area contributed by atoms with Crippen LogP contribution in [-0.4, -0.2) is 38.6 Å². The van der Waals surface area contributed by atoms with Crippen molar-refractivity contribution in [1.29, 1.82) is 0 Å². The second kappa shape index (κ2) is 10.3. The van der Waals surface area contributed by atoms with E-state index in [0.717, 1.165) is 59.4 Å². The predicted octanol–water partition coefficient (Wildman–Crippen LogP) is 5.89. The maximum absolute atomic E-state index is 11.7. The molecule has 1 saturated carbocycles. The lowest BCUT2D eigenvalue weighted by molar-refractivity contribution is -0.144. The van der Waals surface area contributed by atoms with Crippen LogP contribution in [0.4, 0.5) is 0 Å². The number of aryl methyl sites for hydroxylation is 1. The van der Waals surface area contributed by atoms with Gasteiger partial charge in [0.1, 0.15) is 11.9 Å². The molecule has 3 heterocycles. The Hall–Kier alpha value is -3.74. The minimum atomic E-state index is -0.0940. The van der Waals surface area contributed by atoms with Crippen molar-refractivity contribution in [2.45, 2.75) is 52.1 Å². The van der Waals surface area contributed by atoms with E-state index in [1.165, 1.54) is 5.56 Å². The Morgan fingerprint density at radius 2 is 1.80 bits per heavy atom. The maximum Gasteiger partial charge on any atom is 0.306 e. The van der Waals surface area contributed by atoms with Gasteiger partial charge in [0.2, 0.25) is 5.88 Å². The number of esters is 1. The molecule has 1 aromatic carbocycles. The molecule has 1 aliphatic rings. The summed E-state index contributed by atoms with van der Waals surface area (Å²) in [6.07, 6.45) is 8.08. The van der Waals surface area contributed by atoms with E-state index in [1.54, 1.807) is 6.20 Å². The molecule has 35 heavy (non-hydrogen) atoms. The van der Waals surface area contributed by atoms with Gasteiger partial charge in [0.15, 0.2) is 0 Å². The fraction of sp³-hybridized carbons (Fsp3) is 0.357. The van der Waals surface area contributed by atoms with Gasteiger partial charge in [-0.2, -0.15) is 0 Å². The lowest BCUT2D eigenvalue weighted by Crippen LogP contribution is -2.26. The molecule has 1 fully saturated rings. The molecule has 0 amide bonds. The molecule has 7 nitrogen and oxygen atoms in total. The molecule has 0 spiro atoms. The van der Waals surface area contributed by atoms with Crippen molar-refractivity contribution < 1.29 is 14.3 Å². The summed E-state index contributed by atoms with van der Waals surface area (Å²) in [6.45, 7) is 4.35. The standard InChI is InChI=1S/C28H30N4O3/c1-3-34-27(33)15-19-5-9-22(10-6-19)35-26-13-8-20(16-30-26)23-12-7-21(17-29-23)28-31-24-11-4-18(2)14-25(24)32-28/h4,7-8,11-14,16-17,19,22H,3,5-6,9-10,15H2,1-2H3,(H,31,32)/t19-,22+. The molecular weight excluding hydrogens is 440 g/mol. The first-order valence-corrected chi connectivity index (χ1v) is 12.3. The number of aromatic nitrogens is 4. The van der Waals surface area contributed by atoms with Crippen molar-refractivity contribution in [3.8, 4) is 28.5 Å². The Morgan fingerprint density at radius 3 is 2.51 bits per heavy atom. The SMILES string of the molecule is CCOC(=O)C[C@H]1CC[C@@H](Oc2ccc(-c3ccc(-c4nc5cc(C)ccc5[nH]4)cn3)cn2)CC1. The number of pyridine rings is 2. The molecule has 7 heteroatoms. The highest BCUT2D eigenvalue weighted by molar-refractivity contribution is 5.80. The zero-order valence-corrected chi connectivity index (χ0v) is 20.2. The normalized spacial score (nSPS) is 17.9. The van der Waals surface area contributed by atoms with Gasteiger partial charge in [-0.15, -0.1) is 0 Å². The highest BCUT2D eigenvalue weighted by atomic mass is 16.5. The van der Waals surface area contributed by atoms with Crippen LogP contribution in [0.25, 0.3) is 33.7 Å². The molecule has 0 saturated heterocycles. The van der Waals surface area contributed by atoms with Gasteiger partial charge in [-0.1, -0.05) is 6.07 Å². The van der Waals surface area contributed by atoms with Crippen molar-refractivity contribution in [2.24, 2.45) is 5.92 Å². The molecule has 0 unspecified atom stereocenters. The number of nitrogens with zero attached hydrogens (tertiary/aromatic N) is 3. The summed E-state index contributed by atoms with van der Waals surface area (Å²) in [4.78, 5) is 28.9. The summed E-state index contributed by atoms with van der Waals surface area (Å²) in [7, 11) is 0. The third-order valence-electron chi connectivity index (χ3n) is 6.55. The molecule has 0 atom stereocenters. The third kappa shape index (κ3) is 5.50. The van der Waals surface area contributed by atoms with E-state index in [0.29, 0.717) is 24.8 Å². The molecule has 0 bridgehead atoms. The molecule has 1 aliphatic carbocycles. The van der Waals surface area contributed by atoms with Crippen LogP contribution >= 0.6 is 0 Å². The van der Waals surface area contributed by atoms with Gasteiger partial charge < -0.3 is 14.5 Å². The average Bonchev–Trinajstić information content (AvgIpc) is 3.29. The van der Waals surface area contributed by atoms with Crippen molar-refractivity contribution in [1.82, 2.24) is 19.9 Å². The van der Waals surface area contributed by atoms with Crippen molar-refractivity contribution in [3.63, 3.8) is 0 Å². The number of imidazole rings is 1. The summed E-state index contributed by atoms with van der Waals surface area (Å²) in [5, 5.41) is 0. The number of hydrogen-bond acceptors (Lipinski definition) is 6. The Bertz CT molecular complexity index is 1290. The minimum Gasteiger partial charge on any atom is -0.474 e. The van der Waals surface area contributed by atoms with Crippen LogP contribution in [0.2, 0.25) is 0 Å². The molecule has 1 N–H and O–H groups in total. The predicted molar refractivity (Wildman–Crippen MR) is 135 cm³/mol. The first kappa shape index (κ1) is 23.0. The summed E-state index contributed by atoms with van der Waals surface area (Å²) < 4.78 is 11.2. The van der Waals surface area contributed by atoms with E-state index in [9.17, 15) is 4.79 Å². The van der Waals surface area contributed by atoms with Crippen LogP contribution < -0.4 is 4.74 Å². The van der Waals surface area contributed by atoms with Crippen LogP contribution in [0.5, 0.6) is 5.88 Å². The Labute approximate surface area is 204 Å². The number of ether oxygens (including phenoxy) is 2. The fourth-order valence-corrected chi connectivity index (χ4v) is 4.64. The molecule has 5 rings (SSSR count). The molecule has 4 aromatic rings. The third-order valence-corrected chi connectivity index (χ3v) is 6.55. The zero-order valence-electron chi connectivity index (χ0n) is 20.2. The number of carbonyl (C=O) groups excluding carboxylic acids is 1. The highest BCUT2D eigenvalue weighted by Crippen LogP contribution is 2.30. The van der Waals surface area contributed by atoms with Crippen LogP contribution in [0.3, 0.4) is 0 Å². The summed E-state index contributed by atoms with van der Waals surface area (Å²) >= 11 is 0. The summed E-state index contributed by atoms with van der Waals surface area (Å²) in [5.74, 6) is 1.73. The van der Waals surface area contributed by atoms with E-state index in [2.05, 4.69) is 34.0 Å². The van der Waals surface area contributed by atoms with Gasteiger partial charge in [0.05, 0.1) is 23.3 Å². The van der Waals surface area contributed by atoms with Gasteiger partial charge in [0.25, 0.3) is 0 Å². The fourth-order valence-electron chi connectivity index (χ4n) is 4.64. The van der Waals surface area contributed by atoms with E-state index in [-0.39, 0.29) is 12.1 Å². The highest BCUT2D eigenvalue weighted by Gasteiger charge is 2.25. The first-order chi connectivity index (χ1) is 17.1. The summed E-state index contributed by atoms with van der Waals surface area (Å²) in [5.41, 5.74) is 5.87. The Balaban J connectivity index is 1.18. The maximum atomic E-state index is 11.7. The monoisotopic (exact) mass is 470 g/mol. The van der Waals surface area contributed by atoms with Gasteiger partial charge in [-0.25, -0.2) is 9.97 Å². The Kier molecular flexibility index (Phi) is 6.75. The molecular formula is C28H30N4O3. The van der Waals surface area contributed by atoms with E-state index in [4.69, 9.17) is 14.5 Å². The number of rotatable bonds is 7. The number of benzene rings is 1. The smallest absolute Gasteiger partial charge is 0.306 e. The van der Waals surface area contributed by atoms with Gasteiger partial charge in [0, 0.05) is 36.0 Å². The van der Waals surface area contributed by atoms with Crippen molar-refractivity contribution >= 4 is 17.0 Å². The minimum absolute atomic E-state index is 0.0940. The van der Waals surface area contributed by atoms with Crippen LogP contribution in [0.15, 0.2) is 54.9 Å². The first-order valence-electron chi connectivity index (χ1n) is 12.3. The van der Waals surface area contributed by atoms with Crippen LogP contribution in [0.1, 0.15) is 44.6 Å². The molecule has 180 valence electrons. The number of fused-ring (bicyclic) bond motifs is 1. The number of hydrogen-bond donors (Lipinski definition) is 1. The number of nitrogens with one attached hydrogen (secondary N) is 1. The van der Waals surface area contributed by atoms with Crippen molar-refractivity contribution in [3.05, 3.63) is 60.4 Å². The second-order valence-electron chi connectivity index (χ2n) is 9.19. The van der Waals surface area contributed by atoms with Crippen LogP contribution in [-0.2, 0) is 9.53 Å². The molecule has 0 aliphatic heterocycles. The largest absolute Gasteiger partial charge is 0.474 e. The number of carbonyl (C=O) groups is 1. The Morgan fingerprint density at radius 1 is 1.00 bits per heavy atom. The van der Waals surface area contributed by atoms with Gasteiger partial charge >= 0.3 is 5.97 Å². The molecule has 3 aromatic heterocycles. The number of aromatic amines is 1. The summed E-state index contributed by atoms with van der Waals surface area (Å²) in [6, 6.07) is 14.1. The van der Waals surface area contributed by atoms with Gasteiger partial charge in [-0.05, 0) is 81.3 Å². The van der Waals surface area contributed by atoms with Crippen molar-refractivity contribution in [2.75, 3.05) is 6.61 Å². The lowest BCUT2D eigenvalue weighted by atomic mass is 9.85. The number of H-pyrrole nitrogens is 1.